The molecule has 10 heteroatoms. The van der Waals surface area contributed by atoms with Crippen molar-refractivity contribution < 1.29 is 18.0 Å². The second-order valence-electron chi connectivity index (χ2n) is 4.65. The normalized spacial score (nSPS) is 11.8. The van der Waals surface area contributed by atoms with E-state index in [1.54, 1.807) is 12.1 Å². The van der Waals surface area contributed by atoms with Crippen LogP contribution in [0.4, 0.5) is 13.2 Å². The Hall–Kier alpha value is -2.49. The molecule has 0 aromatic carbocycles. The average Bonchev–Trinajstić information content (AvgIpc) is 3.12. The van der Waals surface area contributed by atoms with E-state index in [0.717, 1.165) is 4.88 Å². The standard InChI is InChI=1S/C13H10F3N5OS/c14-13(15,16)6-12(22)17-7-11-19-18-10-4-3-8(20-21(10)11)9-2-1-5-23-9/h1-5H,6-7H2,(H,17,22). The highest BCUT2D eigenvalue weighted by molar-refractivity contribution is 7.13. The molecule has 3 rings (SSSR count). The molecular weight excluding hydrogens is 331 g/mol. The van der Waals surface area contributed by atoms with Gasteiger partial charge in [0.05, 0.1) is 11.4 Å². The second kappa shape index (κ2) is 5.95. The number of nitrogens with zero attached hydrogens (tertiary/aromatic N) is 4. The number of rotatable bonds is 4. The van der Waals surface area contributed by atoms with Crippen molar-refractivity contribution in [3.8, 4) is 10.6 Å². The van der Waals surface area contributed by atoms with Crippen LogP contribution in [0, 0.1) is 0 Å². The average molecular weight is 341 g/mol. The topological polar surface area (TPSA) is 72.2 Å². The third-order valence-electron chi connectivity index (χ3n) is 2.91. The molecule has 0 spiro atoms. The second-order valence-corrected chi connectivity index (χ2v) is 5.60. The molecule has 3 heterocycles. The van der Waals surface area contributed by atoms with Crippen LogP contribution < -0.4 is 5.32 Å². The van der Waals surface area contributed by atoms with Crippen molar-refractivity contribution in [2.75, 3.05) is 0 Å². The molecule has 0 radical (unpaired) electrons. The van der Waals surface area contributed by atoms with E-state index >= 15 is 0 Å². The summed E-state index contributed by atoms with van der Waals surface area (Å²) in [7, 11) is 0. The molecule has 0 atom stereocenters. The first-order valence-electron chi connectivity index (χ1n) is 6.51. The van der Waals surface area contributed by atoms with Crippen LogP contribution in [-0.2, 0) is 11.3 Å². The Morgan fingerprint density at radius 1 is 1.26 bits per heavy atom. The molecule has 0 unspecified atom stereocenters. The number of carbonyl (C=O) groups excluding carboxylic acids is 1. The van der Waals surface area contributed by atoms with Crippen molar-refractivity contribution in [1.29, 1.82) is 0 Å². The van der Waals surface area contributed by atoms with E-state index in [0.29, 0.717) is 11.3 Å². The van der Waals surface area contributed by atoms with Crippen LogP contribution in [0.2, 0.25) is 0 Å². The molecule has 0 aliphatic heterocycles. The maximum Gasteiger partial charge on any atom is 0.397 e. The van der Waals surface area contributed by atoms with Crippen molar-refractivity contribution in [3.05, 3.63) is 35.5 Å². The summed E-state index contributed by atoms with van der Waals surface area (Å²) in [5.74, 6) is -0.863. The van der Waals surface area contributed by atoms with Crippen LogP contribution in [0.15, 0.2) is 29.6 Å². The van der Waals surface area contributed by atoms with E-state index in [4.69, 9.17) is 0 Å². The number of fused-ring (bicyclic) bond motifs is 1. The monoisotopic (exact) mass is 341 g/mol. The van der Waals surface area contributed by atoms with E-state index in [2.05, 4.69) is 20.6 Å². The number of carbonyl (C=O) groups is 1. The van der Waals surface area contributed by atoms with Gasteiger partial charge in [0.25, 0.3) is 0 Å². The summed E-state index contributed by atoms with van der Waals surface area (Å²) in [6, 6.07) is 7.27. The van der Waals surface area contributed by atoms with Gasteiger partial charge in [-0.2, -0.15) is 22.8 Å². The number of hydrogen-bond acceptors (Lipinski definition) is 5. The zero-order chi connectivity index (χ0) is 16.4. The molecule has 1 N–H and O–H groups in total. The maximum absolute atomic E-state index is 12.1. The van der Waals surface area contributed by atoms with E-state index in [1.807, 2.05) is 17.5 Å². The zero-order valence-corrected chi connectivity index (χ0v) is 12.4. The fourth-order valence-electron chi connectivity index (χ4n) is 1.92. The molecule has 0 bridgehead atoms. The summed E-state index contributed by atoms with van der Waals surface area (Å²) in [6.45, 7) is -0.184. The summed E-state index contributed by atoms with van der Waals surface area (Å²) in [4.78, 5) is 12.2. The number of thiophene rings is 1. The van der Waals surface area contributed by atoms with E-state index in [-0.39, 0.29) is 12.4 Å². The van der Waals surface area contributed by atoms with Gasteiger partial charge in [-0.15, -0.1) is 21.5 Å². The molecule has 0 saturated carbocycles. The number of aromatic nitrogens is 4. The Kier molecular flexibility index (Phi) is 3.99. The van der Waals surface area contributed by atoms with Gasteiger partial charge in [0.2, 0.25) is 5.91 Å². The van der Waals surface area contributed by atoms with Crippen LogP contribution >= 0.6 is 11.3 Å². The summed E-state index contributed by atoms with van der Waals surface area (Å²) < 4.78 is 37.8. The predicted molar refractivity (Wildman–Crippen MR) is 76.6 cm³/mol. The highest BCUT2D eigenvalue weighted by atomic mass is 32.1. The molecule has 6 nitrogen and oxygen atoms in total. The first-order valence-corrected chi connectivity index (χ1v) is 7.39. The number of alkyl halides is 3. The van der Waals surface area contributed by atoms with Crippen LogP contribution in [0.5, 0.6) is 0 Å². The molecule has 0 fully saturated rings. The molecular formula is C13H10F3N5OS. The molecule has 3 aromatic rings. The summed E-state index contributed by atoms with van der Waals surface area (Å²) >= 11 is 1.51. The summed E-state index contributed by atoms with van der Waals surface area (Å²) in [6.07, 6.45) is -6.07. The largest absolute Gasteiger partial charge is 0.397 e. The van der Waals surface area contributed by atoms with Crippen molar-refractivity contribution >= 4 is 22.9 Å². The Bertz CT molecular complexity index is 828. The number of nitrogens with one attached hydrogen (secondary N) is 1. The first kappa shape index (κ1) is 15.4. The van der Waals surface area contributed by atoms with Gasteiger partial charge in [-0.3, -0.25) is 4.79 Å². The quantitative estimate of drug-likeness (QED) is 0.791. The van der Waals surface area contributed by atoms with Gasteiger partial charge in [-0.25, -0.2) is 0 Å². The SMILES string of the molecule is O=C(CC(F)(F)F)NCc1nnc2ccc(-c3cccs3)nn12. The highest BCUT2D eigenvalue weighted by Gasteiger charge is 2.31. The lowest BCUT2D eigenvalue weighted by molar-refractivity contribution is -0.153. The smallest absolute Gasteiger partial charge is 0.348 e. The van der Waals surface area contributed by atoms with Crippen LogP contribution in [0.25, 0.3) is 16.2 Å². The minimum Gasteiger partial charge on any atom is -0.348 e. The predicted octanol–water partition coefficient (Wildman–Crippen LogP) is 2.42. The molecule has 0 aliphatic rings. The third kappa shape index (κ3) is 3.65. The number of hydrogen-bond donors (Lipinski definition) is 1. The van der Waals surface area contributed by atoms with Gasteiger partial charge >= 0.3 is 6.18 Å². The fraction of sp³-hybridized carbons (Fsp3) is 0.231. The number of amides is 1. The van der Waals surface area contributed by atoms with E-state index in [9.17, 15) is 18.0 Å². The lowest BCUT2D eigenvalue weighted by atomic mass is 10.3. The van der Waals surface area contributed by atoms with Gasteiger partial charge in [-0.1, -0.05) is 6.07 Å². The van der Waals surface area contributed by atoms with Crippen molar-refractivity contribution in [3.63, 3.8) is 0 Å². The maximum atomic E-state index is 12.1. The highest BCUT2D eigenvalue weighted by Crippen LogP contribution is 2.22. The summed E-state index contributed by atoms with van der Waals surface area (Å²) in [5.41, 5.74) is 1.14. The van der Waals surface area contributed by atoms with Crippen molar-refractivity contribution in [2.24, 2.45) is 0 Å². The van der Waals surface area contributed by atoms with Gasteiger partial charge in [0.1, 0.15) is 12.1 Å². The minimum atomic E-state index is -4.54. The lowest BCUT2D eigenvalue weighted by Crippen LogP contribution is -2.28. The molecule has 120 valence electrons. The molecule has 0 saturated heterocycles. The van der Waals surface area contributed by atoms with E-state index in [1.165, 1.54) is 15.9 Å². The Balaban J connectivity index is 1.79. The first-order chi connectivity index (χ1) is 10.9. The van der Waals surface area contributed by atoms with E-state index < -0.39 is 18.5 Å². The summed E-state index contributed by atoms with van der Waals surface area (Å²) in [5, 5.41) is 16.2. The zero-order valence-electron chi connectivity index (χ0n) is 11.5. The van der Waals surface area contributed by atoms with Crippen LogP contribution in [0.1, 0.15) is 12.2 Å². The molecule has 3 aromatic heterocycles. The molecule has 23 heavy (non-hydrogen) atoms. The van der Waals surface area contributed by atoms with Crippen LogP contribution in [-0.4, -0.2) is 31.9 Å². The fourth-order valence-corrected chi connectivity index (χ4v) is 2.61. The van der Waals surface area contributed by atoms with Gasteiger partial charge < -0.3 is 5.32 Å². The third-order valence-corrected chi connectivity index (χ3v) is 3.80. The number of halogens is 3. The molecule has 1 amide bonds. The van der Waals surface area contributed by atoms with Crippen LogP contribution in [0.3, 0.4) is 0 Å². The molecule has 0 aliphatic carbocycles. The Morgan fingerprint density at radius 3 is 2.78 bits per heavy atom. The van der Waals surface area contributed by atoms with Gasteiger partial charge in [0, 0.05) is 0 Å². The van der Waals surface area contributed by atoms with Crippen molar-refractivity contribution in [2.45, 2.75) is 19.1 Å². The van der Waals surface area contributed by atoms with Crippen molar-refractivity contribution in [1.82, 2.24) is 25.1 Å². The van der Waals surface area contributed by atoms with Gasteiger partial charge in [-0.05, 0) is 23.6 Å². The lowest BCUT2D eigenvalue weighted by Gasteiger charge is -2.06. The Morgan fingerprint density at radius 2 is 2.09 bits per heavy atom. The van der Waals surface area contributed by atoms with Gasteiger partial charge in [0.15, 0.2) is 11.5 Å². The Labute approximate surface area is 132 Å². The minimum absolute atomic E-state index is 0.184.